The molecule has 4 rings (SSSR count). The van der Waals surface area contributed by atoms with E-state index in [1.807, 2.05) is 0 Å². The summed E-state index contributed by atoms with van der Waals surface area (Å²) >= 11 is 0. The molecule has 0 bridgehead atoms. The molecule has 2 aliphatic heterocycles. The van der Waals surface area contributed by atoms with Crippen LogP contribution < -0.4 is 40.4 Å². The zero-order chi connectivity index (χ0) is 15.5. The van der Waals surface area contributed by atoms with Crippen molar-refractivity contribution in [1.82, 2.24) is 19.5 Å². The molecule has 0 amide bonds. The Labute approximate surface area is 151 Å². The van der Waals surface area contributed by atoms with E-state index in [0.29, 0.717) is 6.42 Å². The number of hydrogen-bond donors (Lipinski definition) is 2. The number of nitrogens with two attached hydrogens (primary N) is 1. The van der Waals surface area contributed by atoms with Crippen molar-refractivity contribution in [1.29, 1.82) is 0 Å². The van der Waals surface area contributed by atoms with Gasteiger partial charge in [0.25, 0.3) is 0 Å². The van der Waals surface area contributed by atoms with Crippen molar-refractivity contribution in [3.8, 4) is 5.88 Å². The predicted molar refractivity (Wildman–Crippen MR) is 68.4 cm³/mol. The Morgan fingerprint density at radius 1 is 1.43 bits per heavy atom. The monoisotopic (exact) mass is 351 g/mol. The van der Waals surface area contributed by atoms with Gasteiger partial charge in [0.2, 0.25) is 5.95 Å². The van der Waals surface area contributed by atoms with Crippen LogP contribution >= 0.6 is 7.82 Å². The Bertz CT molecular complexity index is 801. The predicted octanol–water partition coefficient (Wildman–Crippen LogP) is -3.71. The maximum Gasteiger partial charge on any atom is 1.00 e. The van der Waals surface area contributed by atoms with Gasteiger partial charge in [-0.05, 0) is 0 Å². The molecule has 2 saturated heterocycles. The SMILES string of the molecule is Nc1nc([O-])c2ncn([C@H]3C[C@@H]4OP(=O)(O)OC[C@H]4O3)c2n1.[Na+]. The van der Waals surface area contributed by atoms with Gasteiger partial charge in [-0.15, -0.1) is 0 Å². The molecule has 4 atom stereocenters. The fourth-order valence-corrected chi connectivity index (χ4v) is 3.58. The van der Waals surface area contributed by atoms with E-state index in [0.717, 1.165) is 0 Å². The number of phosphoric ester groups is 1. The first-order chi connectivity index (χ1) is 10.4. The van der Waals surface area contributed by atoms with Crippen molar-refractivity contribution in [2.24, 2.45) is 0 Å². The number of aromatic nitrogens is 4. The number of imidazole rings is 1. The molecular weight excluding hydrogens is 340 g/mol. The van der Waals surface area contributed by atoms with Gasteiger partial charge in [-0.3, -0.25) is 13.6 Å². The average Bonchev–Trinajstić information content (AvgIpc) is 3.00. The molecule has 1 unspecified atom stereocenters. The minimum atomic E-state index is -4.02. The number of nitrogens with zero attached hydrogens (tertiary/aromatic N) is 4. The molecule has 13 heteroatoms. The van der Waals surface area contributed by atoms with Gasteiger partial charge in [0.15, 0.2) is 5.65 Å². The molecule has 23 heavy (non-hydrogen) atoms. The fourth-order valence-electron chi connectivity index (χ4n) is 2.62. The standard InChI is InChI=1S/C10H12N5O6P.Na/c11-10-13-8-7(9(16)14-10)12-3-15(8)6-1-4-5(20-6)2-19-22(17,18)21-4;/h3-6H,1-2H2,(H,17,18)(H3,11,13,14,16);/q;+1/p-1/t4-,5+,6+;/m0./s1. The molecule has 0 spiro atoms. The molecule has 0 saturated carbocycles. The number of fused-ring (bicyclic) bond motifs is 2. The third-order valence-corrected chi connectivity index (χ3v) is 4.58. The topological polar surface area (TPSA) is 158 Å². The Balaban J connectivity index is 0.00000156. The molecule has 4 heterocycles. The zero-order valence-corrected chi connectivity index (χ0v) is 14.9. The molecule has 0 radical (unpaired) electrons. The summed E-state index contributed by atoms with van der Waals surface area (Å²) in [6.45, 7) is -0.0501. The second kappa shape index (κ2) is 5.94. The fraction of sp³-hybridized carbons (Fsp3) is 0.500. The third kappa shape index (κ3) is 2.99. The van der Waals surface area contributed by atoms with Crippen molar-refractivity contribution >= 4 is 24.9 Å². The minimum absolute atomic E-state index is 0. The van der Waals surface area contributed by atoms with Crippen LogP contribution in [0.25, 0.3) is 11.2 Å². The smallest absolute Gasteiger partial charge is 0.857 e. The summed E-state index contributed by atoms with van der Waals surface area (Å²) in [6.07, 6.45) is 0.0555. The van der Waals surface area contributed by atoms with Gasteiger partial charge in [0, 0.05) is 12.3 Å². The zero-order valence-electron chi connectivity index (χ0n) is 12.0. The van der Waals surface area contributed by atoms with Crippen LogP contribution in [0.15, 0.2) is 6.33 Å². The average molecular weight is 351 g/mol. The summed E-state index contributed by atoms with van der Waals surface area (Å²) in [5.74, 6) is -0.731. The number of nitrogen functional groups attached to an aromatic ring is 1. The van der Waals surface area contributed by atoms with Gasteiger partial charge in [-0.1, -0.05) is 0 Å². The summed E-state index contributed by atoms with van der Waals surface area (Å²) in [7, 11) is -4.02. The van der Waals surface area contributed by atoms with Crippen LogP contribution in [-0.2, 0) is 18.3 Å². The first kappa shape index (κ1) is 17.1. The maximum atomic E-state index is 11.7. The van der Waals surface area contributed by atoms with Crippen molar-refractivity contribution in [2.45, 2.75) is 24.9 Å². The number of anilines is 1. The van der Waals surface area contributed by atoms with Crippen LogP contribution in [0.4, 0.5) is 5.95 Å². The molecule has 11 nitrogen and oxygen atoms in total. The van der Waals surface area contributed by atoms with E-state index >= 15 is 0 Å². The van der Waals surface area contributed by atoms with Gasteiger partial charge < -0.3 is 20.5 Å². The van der Waals surface area contributed by atoms with Crippen molar-refractivity contribution < 1.29 is 57.9 Å². The molecule has 2 aliphatic rings. The first-order valence-corrected chi connectivity index (χ1v) is 7.91. The number of hydrogen-bond acceptors (Lipinski definition) is 9. The van der Waals surface area contributed by atoms with Crippen molar-refractivity contribution in [2.75, 3.05) is 12.3 Å². The molecule has 0 aliphatic carbocycles. The van der Waals surface area contributed by atoms with Gasteiger partial charge in [0.1, 0.15) is 24.0 Å². The summed E-state index contributed by atoms with van der Waals surface area (Å²) in [6, 6.07) is 0. The normalized spacial score (nSPS) is 33.3. The number of phosphoric acid groups is 1. The van der Waals surface area contributed by atoms with Crippen LogP contribution in [-0.4, -0.2) is 43.2 Å². The quantitative estimate of drug-likeness (QED) is 0.387. The summed E-state index contributed by atoms with van der Waals surface area (Å²) in [5, 5.41) is 11.7. The van der Waals surface area contributed by atoms with Crippen LogP contribution in [0, 0.1) is 0 Å². The third-order valence-electron chi connectivity index (χ3n) is 3.57. The summed E-state index contributed by atoms with van der Waals surface area (Å²) in [4.78, 5) is 20.8. The van der Waals surface area contributed by atoms with Gasteiger partial charge in [0.05, 0.1) is 12.9 Å². The minimum Gasteiger partial charge on any atom is -0.857 e. The number of rotatable bonds is 1. The van der Waals surface area contributed by atoms with E-state index in [2.05, 4.69) is 15.0 Å². The van der Waals surface area contributed by atoms with Crippen LogP contribution in [0.1, 0.15) is 12.6 Å². The first-order valence-electron chi connectivity index (χ1n) is 6.41. The Hall–Kier alpha value is -0.780. The van der Waals surface area contributed by atoms with E-state index in [9.17, 15) is 14.6 Å². The van der Waals surface area contributed by atoms with E-state index < -0.39 is 32.1 Å². The summed E-state index contributed by atoms with van der Waals surface area (Å²) < 4.78 is 28.4. The van der Waals surface area contributed by atoms with Crippen LogP contribution in [0.5, 0.6) is 5.88 Å². The van der Waals surface area contributed by atoms with Gasteiger partial charge >= 0.3 is 37.4 Å². The van der Waals surface area contributed by atoms with E-state index in [1.54, 1.807) is 0 Å². The largest absolute Gasteiger partial charge is 1.00 e. The van der Waals surface area contributed by atoms with E-state index in [-0.39, 0.29) is 53.3 Å². The Morgan fingerprint density at radius 3 is 3.00 bits per heavy atom. The van der Waals surface area contributed by atoms with E-state index in [4.69, 9.17) is 19.5 Å². The molecule has 118 valence electrons. The maximum absolute atomic E-state index is 11.7. The molecule has 2 fully saturated rings. The molecule has 3 N–H and O–H groups in total. The molecular formula is C10H11N5NaO6P. The second-order valence-corrected chi connectivity index (χ2v) is 6.39. The van der Waals surface area contributed by atoms with Crippen LogP contribution in [0.2, 0.25) is 0 Å². The summed E-state index contributed by atoms with van der Waals surface area (Å²) in [5.41, 5.74) is 5.81. The van der Waals surface area contributed by atoms with Gasteiger partial charge in [-0.2, -0.15) is 4.98 Å². The Kier molecular flexibility index (Phi) is 4.40. The van der Waals surface area contributed by atoms with Crippen LogP contribution in [0.3, 0.4) is 0 Å². The number of ether oxygens (including phenoxy) is 1. The Morgan fingerprint density at radius 2 is 2.22 bits per heavy atom. The van der Waals surface area contributed by atoms with Crippen molar-refractivity contribution in [3.63, 3.8) is 0 Å². The second-order valence-electron chi connectivity index (χ2n) is 4.98. The van der Waals surface area contributed by atoms with E-state index in [1.165, 1.54) is 10.9 Å². The molecule has 2 aromatic heterocycles. The van der Waals surface area contributed by atoms with Gasteiger partial charge in [-0.25, -0.2) is 14.5 Å². The van der Waals surface area contributed by atoms with Crippen molar-refractivity contribution in [3.05, 3.63) is 6.33 Å². The molecule has 2 aromatic rings. The molecule has 0 aromatic carbocycles.